The standard InChI is InChI=1S/C14H23NO6S/c1-9(7-22-10(2)16)12(17)15-8-14(20-3,21-4)6-5-11(15)13(18)19/h9,11H,5-8H2,1-4H3,(H,18,19). The largest absolute Gasteiger partial charge is 0.480 e. The first-order chi connectivity index (χ1) is 10.3. The summed E-state index contributed by atoms with van der Waals surface area (Å²) < 4.78 is 10.7. The number of rotatable bonds is 6. The summed E-state index contributed by atoms with van der Waals surface area (Å²) in [7, 11) is 2.95. The van der Waals surface area contributed by atoms with Crippen molar-refractivity contribution in [2.45, 2.75) is 38.5 Å². The van der Waals surface area contributed by atoms with Crippen LogP contribution in [0.4, 0.5) is 0 Å². The predicted molar refractivity (Wildman–Crippen MR) is 81.4 cm³/mol. The van der Waals surface area contributed by atoms with Gasteiger partial charge in [-0.2, -0.15) is 0 Å². The lowest BCUT2D eigenvalue weighted by Crippen LogP contribution is -2.59. The van der Waals surface area contributed by atoms with E-state index >= 15 is 0 Å². The predicted octanol–water partition coefficient (Wildman–Crippen LogP) is 0.967. The van der Waals surface area contributed by atoms with Crippen LogP contribution in [-0.2, 0) is 23.9 Å². The second-order valence-electron chi connectivity index (χ2n) is 5.38. The van der Waals surface area contributed by atoms with E-state index in [1.165, 1.54) is 26.0 Å². The monoisotopic (exact) mass is 333 g/mol. The number of likely N-dealkylation sites (tertiary alicyclic amines) is 1. The van der Waals surface area contributed by atoms with Gasteiger partial charge in [0.1, 0.15) is 6.04 Å². The van der Waals surface area contributed by atoms with E-state index in [-0.39, 0.29) is 24.0 Å². The number of hydrogen-bond acceptors (Lipinski definition) is 6. The Bertz CT molecular complexity index is 437. The molecule has 126 valence electrons. The van der Waals surface area contributed by atoms with Crippen molar-refractivity contribution >= 4 is 28.8 Å². The molecule has 7 nitrogen and oxygen atoms in total. The first-order valence-electron chi connectivity index (χ1n) is 7.03. The average molecular weight is 333 g/mol. The molecular formula is C14H23NO6S. The molecule has 1 aliphatic heterocycles. The summed E-state index contributed by atoms with van der Waals surface area (Å²) in [5.41, 5.74) is 0. The lowest BCUT2D eigenvalue weighted by atomic mass is 9.95. The molecule has 22 heavy (non-hydrogen) atoms. The number of nitrogens with zero attached hydrogens (tertiary/aromatic N) is 1. The van der Waals surface area contributed by atoms with Crippen LogP contribution in [0.5, 0.6) is 0 Å². The highest BCUT2D eigenvalue weighted by Gasteiger charge is 2.45. The van der Waals surface area contributed by atoms with Crippen molar-refractivity contribution in [2.24, 2.45) is 5.92 Å². The van der Waals surface area contributed by atoms with Gasteiger partial charge in [0.15, 0.2) is 10.9 Å². The Kier molecular flexibility index (Phi) is 6.83. The van der Waals surface area contributed by atoms with Crippen molar-refractivity contribution < 1.29 is 29.0 Å². The number of piperidine rings is 1. The zero-order valence-electron chi connectivity index (χ0n) is 13.3. The van der Waals surface area contributed by atoms with Crippen LogP contribution < -0.4 is 0 Å². The number of methoxy groups -OCH3 is 2. The van der Waals surface area contributed by atoms with E-state index in [1.807, 2.05) is 0 Å². The van der Waals surface area contributed by atoms with Crippen LogP contribution in [0.3, 0.4) is 0 Å². The Balaban J connectivity index is 2.89. The number of amides is 1. The Morgan fingerprint density at radius 2 is 1.95 bits per heavy atom. The van der Waals surface area contributed by atoms with Crippen molar-refractivity contribution in [3.8, 4) is 0 Å². The summed E-state index contributed by atoms with van der Waals surface area (Å²) >= 11 is 1.06. The van der Waals surface area contributed by atoms with Crippen molar-refractivity contribution in [3.63, 3.8) is 0 Å². The normalized spacial score (nSPS) is 22.2. The molecule has 0 radical (unpaired) electrons. The highest BCUT2D eigenvalue weighted by atomic mass is 32.2. The van der Waals surface area contributed by atoms with Crippen LogP contribution in [0, 0.1) is 5.92 Å². The van der Waals surface area contributed by atoms with Gasteiger partial charge in [-0.05, 0) is 6.42 Å². The maximum absolute atomic E-state index is 12.6. The average Bonchev–Trinajstić information content (AvgIpc) is 2.50. The number of carboxylic acids is 1. The maximum Gasteiger partial charge on any atom is 0.326 e. The fraction of sp³-hybridized carbons (Fsp3) is 0.786. The summed E-state index contributed by atoms with van der Waals surface area (Å²) in [4.78, 5) is 36.3. The van der Waals surface area contributed by atoms with Gasteiger partial charge in [0, 0.05) is 39.2 Å². The summed E-state index contributed by atoms with van der Waals surface area (Å²) in [5, 5.41) is 9.27. The van der Waals surface area contributed by atoms with Crippen molar-refractivity contribution in [2.75, 3.05) is 26.5 Å². The molecule has 1 rings (SSSR count). The quantitative estimate of drug-likeness (QED) is 0.724. The van der Waals surface area contributed by atoms with E-state index in [0.29, 0.717) is 12.2 Å². The summed E-state index contributed by atoms with van der Waals surface area (Å²) in [6.45, 7) is 3.18. The first-order valence-corrected chi connectivity index (χ1v) is 8.02. The summed E-state index contributed by atoms with van der Waals surface area (Å²) in [5.74, 6) is -2.46. The third kappa shape index (κ3) is 4.44. The zero-order chi connectivity index (χ0) is 16.9. The van der Waals surface area contributed by atoms with E-state index in [1.54, 1.807) is 6.92 Å². The van der Waals surface area contributed by atoms with E-state index in [9.17, 15) is 19.5 Å². The molecule has 8 heteroatoms. The summed E-state index contributed by atoms with van der Waals surface area (Å²) in [6, 6.07) is -0.893. The number of hydrogen-bond donors (Lipinski definition) is 1. The molecular weight excluding hydrogens is 310 g/mol. The molecule has 0 bridgehead atoms. The molecule has 1 N–H and O–H groups in total. The lowest BCUT2D eigenvalue weighted by molar-refractivity contribution is -0.239. The SMILES string of the molecule is COC1(OC)CCC(C(=O)O)N(C(=O)C(C)CSC(C)=O)C1. The van der Waals surface area contributed by atoms with Gasteiger partial charge in [0.2, 0.25) is 5.91 Å². The second-order valence-corrected chi connectivity index (χ2v) is 6.58. The third-order valence-corrected chi connectivity index (χ3v) is 4.93. The molecule has 1 fully saturated rings. The smallest absolute Gasteiger partial charge is 0.326 e. The third-order valence-electron chi connectivity index (χ3n) is 3.86. The highest BCUT2D eigenvalue weighted by Crippen LogP contribution is 2.30. The Hall–Kier alpha value is -1.12. The molecule has 0 aromatic rings. The number of carbonyl (C=O) groups excluding carboxylic acids is 2. The minimum Gasteiger partial charge on any atom is -0.480 e. The van der Waals surface area contributed by atoms with Gasteiger partial charge in [-0.1, -0.05) is 18.7 Å². The Morgan fingerprint density at radius 3 is 2.41 bits per heavy atom. The van der Waals surface area contributed by atoms with Crippen molar-refractivity contribution in [1.82, 2.24) is 4.90 Å². The maximum atomic E-state index is 12.6. The zero-order valence-corrected chi connectivity index (χ0v) is 14.1. The van der Waals surface area contributed by atoms with Crippen LogP contribution in [-0.4, -0.2) is 65.3 Å². The minimum atomic E-state index is -1.04. The number of carbonyl (C=O) groups is 3. The number of aliphatic carboxylic acids is 1. The van der Waals surface area contributed by atoms with Crippen LogP contribution in [0.15, 0.2) is 0 Å². The van der Waals surface area contributed by atoms with E-state index < -0.39 is 23.7 Å². The molecule has 0 aromatic heterocycles. The van der Waals surface area contributed by atoms with Gasteiger partial charge in [-0.25, -0.2) is 4.79 Å². The number of ether oxygens (including phenoxy) is 2. The van der Waals surface area contributed by atoms with Gasteiger partial charge in [0.05, 0.1) is 6.54 Å². The van der Waals surface area contributed by atoms with Gasteiger partial charge in [-0.15, -0.1) is 0 Å². The van der Waals surface area contributed by atoms with Crippen molar-refractivity contribution in [1.29, 1.82) is 0 Å². The molecule has 0 aliphatic carbocycles. The Labute approximate surface area is 134 Å². The molecule has 0 aromatic carbocycles. The van der Waals surface area contributed by atoms with Crippen LogP contribution >= 0.6 is 11.8 Å². The highest BCUT2D eigenvalue weighted by molar-refractivity contribution is 8.13. The van der Waals surface area contributed by atoms with Crippen LogP contribution in [0.1, 0.15) is 26.7 Å². The lowest BCUT2D eigenvalue weighted by Gasteiger charge is -2.44. The molecule has 1 amide bonds. The number of carboxylic acid groups (broad SMARTS) is 1. The van der Waals surface area contributed by atoms with E-state index in [0.717, 1.165) is 11.8 Å². The van der Waals surface area contributed by atoms with E-state index in [4.69, 9.17) is 9.47 Å². The fourth-order valence-corrected chi connectivity index (χ4v) is 3.09. The van der Waals surface area contributed by atoms with Gasteiger partial charge in [-0.3, -0.25) is 9.59 Å². The Morgan fingerprint density at radius 1 is 1.36 bits per heavy atom. The molecule has 2 atom stereocenters. The molecule has 1 saturated heterocycles. The first kappa shape index (κ1) is 18.9. The second kappa shape index (κ2) is 7.94. The van der Waals surface area contributed by atoms with E-state index in [2.05, 4.69) is 0 Å². The molecule has 0 saturated carbocycles. The number of thioether (sulfide) groups is 1. The minimum absolute atomic E-state index is 0.0604. The molecule has 0 spiro atoms. The van der Waals surface area contributed by atoms with Crippen LogP contribution in [0.2, 0.25) is 0 Å². The fourth-order valence-electron chi connectivity index (χ4n) is 2.46. The van der Waals surface area contributed by atoms with Crippen LogP contribution in [0.25, 0.3) is 0 Å². The summed E-state index contributed by atoms with van der Waals surface area (Å²) in [6.07, 6.45) is 0.659. The van der Waals surface area contributed by atoms with Gasteiger partial charge < -0.3 is 19.5 Å². The van der Waals surface area contributed by atoms with Gasteiger partial charge >= 0.3 is 5.97 Å². The molecule has 1 heterocycles. The molecule has 1 aliphatic rings. The van der Waals surface area contributed by atoms with Crippen molar-refractivity contribution in [3.05, 3.63) is 0 Å². The topological polar surface area (TPSA) is 93.1 Å². The van der Waals surface area contributed by atoms with Gasteiger partial charge in [0.25, 0.3) is 0 Å². The molecule has 2 unspecified atom stereocenters.